The molecule has 0 fully saturated rings. The van der Waals surface area contributed by atoms with Crippen LogP contribution in [-0.4, -0.2) is 35.0 Å². The van der Waals surface area contributed by atoms with E-state index in [1.165, 1.54) is 20.8 Å². The van der Waals surface area contributed by atoms with Crippen molar-refractivity contribution in [1.29, 1.82) is 0 Å². The SMILES string of the molecule is CC(C)(C)OC(=O)/C(=C\CC(F)(F)F)[C@@H](CCC(F)(F)F)C(=O)O. The summed E-state index contributed by atoms with van der Waals surface area (Å²) in [4.78, 5) is 23.1. The molecule has 0 rings (SSSR count). The van der Waals surface area contributed by atoms with Crippen molar-refractivity contribution in [3.8, 4) is 0 Å². The molecule has 140 valence electrons. The molecule has 24 heavy (non-hydrogen) atoms. The molecule has 0 aliphatic heterocycles. The minimum atomic E-state index is -4.75. The molecule has 0 aliphatic carbocycles. The number of allylic oxidation sites excluding steroid dienone is 1. The zero-order valence-electron chi connectivity index (χ0n) is 13.2. The number of carbonyl (C=O) groups is 2. The molecular formula is C14H18F6O4. The molecular weight excluding hydrogens is 346 g/mol. The van der Waals surface area contributed by atoms with Gasteiger partial charge in [0, 0.05) is 12.0 Å². The lowest BCUT2D eigenvalue weighted by Crippen LogP contribution is -2.30. The van der Waals surface area contributed by atoms with E-state index in [0.29, 0.717) is 0 Å². The number of carbonyl (C=O) groups excluding carboxylic acids is 1. The molecule has 0 amide bonds. The monoisotopic (exact) mass is 364 g/mol. The molecule has 1 N–H and O–H groups in total. The Bertz CT molecular complexity index is 485. The average Bonchev–Trinajstić information content (AvgIpc) is 2.27. The summed E-state index contributed by atoms with van der Waals surface area (Å²) >= 11 is 0. The molecule has 0 aromatic carbocycles. The van der Waals surface area contributed by atoms with Gasteiger partial charge in [0.15, 0.2) is 0 Å². The van der Waals surface area contributed by atoms with Crippen LogP contribution in [0.4, 0.5) is 26.3 Å². The van der Waals surface area contributed by atoms with Crippen LogP contribution in [0.3, 0.4) is 0 Å². The number of hydrogen-bond donors (Lipinski definition) is 1. The van der Waals surface area contributed by atoms with Crippen LogP contribution in [0.25, 0.3) is 0 Å². The van der Waals surface area contributed by atoms with Gasteiger partial charge in [-0.2, -0.15) is 26.3 Å². The number of ether oxygens (including phenoxy) is 1. The molecule has 0 aromatic rings. The molecule has 10 heteroatoms. The fourth-order valence-corrected chi connectivity index (χ4v) is 1.65. The second kappa shape index (κ2) is 7.89. The first-order chi connectivity index (χ1) is 10.5. The molecule has 0 saturated heterocycles. The van der Waals surface area contributed by atoms with E-state index in [2.05, 4.69) is 0 Å². The fourth-order valence-electron chi connectivity index (χ4n) is 1.65. The Balaban J connectivity index is 5.60. The predicted molar refractivity (Wildman–Crippen MR) is 71.0 cm³/mol. The minimum Gasteiger partial charge on any atom is -0.481 e. The number of halogens is 6. The summed E-state index contributed by atoms with van der Waals surface area (Å²) in [5.74, 6) is -5.27. The quantitative estimate of drug-likeness (QED) is 0.435. The van der Waals surface area contributed by atoms with E-state index >= 15 is 0 Å². The molecule has 0 bridgehead atoms. The smallest absolute Gasteiger partial charge is 0.392 e. The fraction of sp³-hybridized carbons (Fsp3) is 0.714. The van der Waals surface area contributed by atoms with Crippen molar-refractivity contribution in [2.24, 2.45) is 5.92 Å². The van der Waals surface area contributed by atoms with Crippen LogP contribution < -0.4 is 0 Å². The standard InChI is InChI=1S/C14H18F6O4/c1-12(2,3)24-11(23)9(5-7-14(18,19)20)8(10(21)22)4-6-13(15,16)17/h5,8H,4,6-7H2,1-3H3,(H,21,22)/b9-5-/t8-/m1/s1. The molecule has 0 heterocycles. The number of esters is 1. The zero-order chi connectivity index (χ0) is 19.3. The highest BCUT2D eigenvalue weighted by atomic mass is 19.4. The molecule has 0 spiro atoms. The second-order valence-corrected chi connectivity index (χ2v) is 6.03. The van der Waals surface area contributed by atoms with Crippen LogP contribution in [0.2, 0.25) is 0 Å². The lowest BCUT2D eigenvalue weighted by Gasteiger charge is -2.23. The molecule has 1 atom stereocenters. The maximum atomic E-state index is 12.3. The van der Waals surface area contributed by atoms with Gasteiger partial charge in [-0.15, -0.1) is 0 Å². The van der Waals surface area contributed by atoms with Crippen LogP contribution in [0.1, 0.15) is 40.0 Å². The van der Waals surface area contributed by atoms with E-state index in [-0.39, 0.29) is 6.08 Å². The molecule has 4 nitrogen and oxygen atoms in total. The van der Waals surface area contributed by atoms with Gasteiger partial charge in [0.1, 0.15) is 5.60 Å². The van der Waals surface area contributed by atoms with Gasteiger partial charge in [-0.3, -0.25) is 4.79 Å². The maximum absolute atomic E-state index is 12.3. The van der Waals surface area contributed by atoms with Crippen LogP contribution in [0, 0.1) is 5.92 Å². The van der Waals surface area contributed by atoms with Gasteiger partial charge in [0.05, 0.1) is 12.3 Å². The summed E-state index contributed by atoms with van der Waals surface area (Å²) in [6.45, 7) is 4.16. The lowest BCUT2D eigenvalue weighted by atomic mass is 9.92. The largest absolute Gasteiger partial charge is 0.481 e. The van der Waals surface area contributed by atoms with Crippen molar-refractivity contribution >= 4 is 11.9 Å². The molecule has 0 aliphatic rings. The minimum absolute atomic E-state index is 0.267. The predicted octanol–water partition coefficient (Wildman–Crippen LogP) is 4.25. The number of carboxylic acid groups (broad SMARTS) is 1. The molecule has 0 unspecified atom stereocenters. The Morgan fingerprint density at radius 3 is 1.88 bits per heavy atom. The van der Waals surface area contributed by atoms with E-state index in [0.717, 1.165) is 0 Å². The zero-order valence-corrected chi connectivity index (χ0v) is 13.2. The van der Waals surface area contributed by atoms with Gasteiger partial charge in [-0.05, 0) is 27.2 Å². The highest BCUT2D eigenvalue weighted by Gasteiger charge is 2.36. The van der Waals surface area contributed by atoms with Crippen molar-refractivity contribution in [3.05, 3.63) is 11.6 Å². The lowest BCUT2D eigenvalue weighted by molar-refractivity contribution is -0.156. The van der Waals surface area contributed by atoms with Crippen LogP contribution in [0.15, 0.2) is 11.6 Å². The number of carboxylic acids is 1. The van der Waals surface area contributed by atoms with Crippen molar-refractivity contribution in [2.45, 2.75) is 58.0 Å². The maximum Gasteiger partial charge on any atom is 0.392 e. The van der Waals surface area contributed by atoms with Crippen LogP contribution in [0.5, 0.6) is 0 Å². The summed E-state index contributed by atoms with van der Waals surface area (Å²) in [6.07, 6.45) is -13.5. The Labute approximate surface area is 134 Å². The molecule has 0 radical (unpaired) electrons. The number of rotatable bonds is 6. The van der Waals surface area contributed by atoms with Crippen molar-refractivity contribution in [1.82, 2.24) is 0 Å². The van der Waals surface area contributed by atoms with Crippen molar-refractivity contribution in [3.63, 3.8) is 0 Å². The van der Waals surface area contributed by atoms with E-state index in [9.17, 15) is 35.9 Å². The third kappa shape index (κ3) is 10.1. The molecule has 0 saturated carbocycles. The summed E-state index contributed by atoms with van der Waals surface area (Å²) in [5, 5.41) is 9.02. The summed E-state index contributed by atoms with van der Waals surface area (Å²) in [5.41, 5.74) is -2.10. The van der Waals surface area contributed by atoms with Gasteiger partial charge >= 0.3 is 24.3 Å². The highest BCUT2D eigenvalue weighted by molar-refractivity contribution is 5.95. The van der Waals surface area contributed by atoms with Gasteiger partial charge in [0.2, 0.25) is 0 Å². The van der Waals surface area contributed by atoms with E-state index in [1.54, 1.807) is 0 Å². The van der Waals surface area contributed by atoms with Gasteiger partial charge < -0.3 is 9.84 Å². The number of hydrogen-bond acceptors (Lipinski definition) is 3. The summed E-state index contributed by atoms with van der Waals surface area (Å²) < 4.78 is 78.7. The Morgan fingerprint density at radius 2 is 1.54 bits per heavy atom. The molecule has 0 aromatic heterocycles. The first kappa shape index (κ1) is 22.3. The topological polar surface area (TPSA) is 63.6 Å². The van der Waals surface area contributed by atoms with Crippen molar-refractivity contribution in [2.75, 3.05) is 0 Å². The van der Waals surface area contributed by atoms with E-state index in [1.807, 2.05) is 0 Å². The van der Waals surface area contributed by atoms with Crippen LogP contribution in [-0.2, 0) is 14.3 Å². The van der Waals surface area contributed by atoms with Gasteiger partial charge in [-0.25, -0.2) is 4.79 Å². The highest BCUT2D eigenvalue weighted by Crippen LogP contribution is 2.30. The second-order valence-electron chi connectivity index (χ2n) is 6.03. The Morgan fingerprint density at radius 1 is 1.04 bits per heavy atom. The van der Waals surface area contributed by atoms with Crippen LogP contribution >= 0.6 is 0 Å². The Hall–Kier alpha value is -1.74. The number of alkyl halides is 6. The summed E-state index contributed by atoms with van der Waals surface area (Å²) in [7, 11) is 0. The van der Waals surface area contributed by atoms with Gasteiger partial charge in [0.25, 0.3) is 0 Å². The van der Waals surface area contributed by atoms with E-state index in [4.69, 9.17) is 9.84 Å². The Kier molecular flexibility index (Phi) is 7.32. The first-order valence-electron chi connectivity index (χ1n) is 6.81. The average molecular weight is 364 g/mol. The third-order valence-corrected chi connectivity index (χ3v) is 2.58. The van der Waals surface area contributed by atoms with Crippen molar-refractivity contribution < 1.29 is 45.8 Å². The third-order valence-electron chi connectivity index (χ3n) is 2.58. The normalized spacial score (nSPS) is 15.1. The first-order valence-corrected chi connectivity index (χ1v) is 6.81. The van der Waals surface area contributed by atoms with E-state index < -0.39 is 60.6 Å². The number of aliphatic carboxylic acids is 1. The van der Waals surface area contributed by atoms with Gasteiger partial charge in [-0.1, -0.05) is 6.08 Å². The summed E-state index contributed by atoms with van der Waals surface area (Å²) in [6, 6.07) is 0.